The van der Waals surface area contributed by atoms with Gasteiger partial charge in [0.15, 0.2) is 0 Å². The highest BCUT2D eigenvalue weighted by atomic mass is 79.9. The van der Waals surface area contributed by atoms with Gasteiger partial charge in [-0.2, -0.15) is 11.8 Å². The first-order valence-electron chi connectivity index (χ1n) is 7.68. The van der Waals surface area contributed by atoms with Gasteiger partial charge in [-0.15, -0.1) is 0 Å². The van der Waals surface area contributed by atoms with Crippen LogP contribution >= 0.6 is 27.7 Å². The Kier molecular flexibility index (Phi) is 5.66. The summed E-state index contributed by atoms with van der Waals surface area (Å²) in [5.41, 5.74) is 2.81. The van der Waals surface area contributed by atoms with E-state index in [0.717, 1.165) is 19.6 Å². The van der Waals surface area contributed by atoms with Crippen molar-refractivity contribution < 1.29 is 0 Å². The van der Waals surface area contributed by atoms with Crippen molar-refractivity contribution in [2.75, 3.05) is 18.0 Å². The number of benzene rings is 1. The van der Waals surface area contributed by atoms with Gasteiger partial charge < -0.3 is 10.2 Å². The number of anilines is 1. The van der Waals surface area contributed by atoms with Crippen LogP contribution in [-0.2, 0) is 6.54 Å². The van der Waals surface area contributed by atoms with E-state index in [0.29, 0.717) is 10.5 Å². The fraction of sp³-hybridized carbons (Fsp3) is 0.647. The van der Waals surface area contributed by atoms with E-state index in [2.05, 4.69) is 90.7 Å². The topological polar surface area (TPSA) is 15.3 Å². The first kappa shape index (κ1) is 17.2. The zero-order valence-electron chi connectivity index (χ0n) is 13.7. The normalized spacial score (nSPS) is 23.4. The van der Waals surface area contributed by atoms with E-state index < -0.39 is 0 Å². The van der Waals surface area contributed by atoms with Crippen LogP contribution < -0.4 is 10.2 Å². The third-order valence-corrected chi connectivity index (χ3v) is 5.46. The van der Waals surface area contributed by atoms with Crippen molar-refractivity contribution in [3.05, 3.63) is 28.2 Å². The maximum atomic E-state index is 3.77. The largest absolute Gasteiger partial charge is 0.368 e. The molecule has 2 rings (SSSR count). The van der Waals surface area contributed by atoms with Crippen LogP contribution in [-0.4, -0.2) is 29.1 Å². The Bertz CT molecular complexity index is 474. The monoisotopic (exact) mass is 370 g/mol. The second kappa shape index (κ2) is 6.93. The summed E-state index contributed by atoms with van der Waals surface area (Å²) in [6, 6.07) is 6.76. The third-order valence-electron chi connectivity index (χ3n) is 3.60. The molecule has 21 heavy (non-hydrogen) atoms. The zero-order valence-corrected chi connectivity index (χ0v) is 16.1. The predicted octanol–water partition coefficient (Wildman–Crippen LogP) is 4.67. The molecule has 1 heterocycles. The summed E-state index contributed by atoms with van der Waals surface area (Å²) < 4.78 is 1.21. The quantitative estimate of drug-likeness (QED) is 0.832. The standard InChI is InChI=1S/C17H27BrN2S/c1-12-10-20(11-13(2)21-12)16-7-6-14(8-15(16)18)9-19-17(3,4)5/h6-8,12-13,19H,9-11H2,1-5H3. The molecule has 0 amide bonds. The van der Waals surface area contributed by atoms with Crippen LogP contribution in [0.4, 0.5) is 5.69 Å². The molecule has 1 N–H and O–H groups in total. The molecule has 2 nitrogen and oxygen atoms in total. The van der Waals surface area contributed by atoms with Crippen LogP contribution in [0, 0.1) is 0 Å². The minimum Gasteiger partial charge on any atom is -0.368 e. The van der Waals surface area contributed by atoms with Gasteiger partial charge in [0.05, 0.1) is 5.69 Å². The van der Waals surface area contributed by atoms with Crippen LogP contribution in [0.1, 0.15) is 40.2 Å². The lowest BCUT2D eigenvalue weighted by Gasteiger charge is -2.36. The smallest absolute Gasteiger partial charge is 0.0511 e. The maximum Gasteiger partial charge on any atom is 0.0511 e. The minimum absolute atomic E-state index is 0.153. The van der Waals surface area contributed by atoms with Crippen molar-refractivity contribution >= 4 is 33.4 Å². The molecule has 1 aromatic carbocycles. The number of nitrogens with zero attached hydrogens (tertiary/aromatic N) is 1. The average Bonchev–Trinajstić information content (AvgIpc) is 2.34. The first-order valence-corrected chi connectivity index (χ1v) is 9.42. The molecule has 2 atom stereocenters. The van der Waals surface area contributed by atoms with Crippen LogP contribution in [0.25, 0.3) is 0 Å². The van der Waals surface area contributed by atoms with E-state index in [1.807, 2.05) is 0 Å². The van der Waals surface area contributed by atoms with E-state index in [1.54, 1.807) is 0 Å². The molecule has 2 unspecified atom stereocenters. The Labute approximate surface area is 142 Å². The highest BCUT2D eigenvalue weighted by molar-refractivity contribution is 9.10. The number of halogens is 1. The Balaban J connectivity index is 2.08. The number of hydrogen-bond donors (Lipinski definition) is 1. The van der Waals surface area contributed by atoms with Gasteiger partial charge in [-0.05, 0) is 54.4 Å². The Morgan fingerprint density at radius 1 is 1.24 bits per heavy atom. The molecule has 0 aromatic heterocycles. The highest BCUT2D eigenvalue weighted by Gasteiger charge is 2.23. The van der Waals surface area contributed by atoms with Gasteiger partial charge in [-0.1, -0.05) is 19.9 Å². The number of hydrogen-bond acceptors (Lipinski definition) is 3. The molecule has 1 aliphatic rings. The van der Waals surface area contributed by atoms with Gasteiger partial charge in [0.25, 0.3) is 0 Å². The summed E-state index contributed by atoms with van der Waals surface area (Å²) in [5.74, 6) is 0. The van der Waals surface area contributed by atoms with Gasteiger partial charge >= 0.3 is 0 Å². The number of nitrogens with one attached hydrogen (secondary N) is 1. The van der Waals surface area contributed by atoms with E-state index in [4.69, 9.17) is 0 Å². The van der Waals surface area contributed by atoms with Crippen LogP contribution in [0.3, 0.4) is 0 Å². The molecule has 1 saturated heterocycles. The molecule has 1 aliphatic heterocycles. The molecule has 0 spiro atoms. The van der Waals surface area contributed by atoms with Crippen LogP contribution in [0.2, 0.25) is 0 Å². The van der Waals surface area contributed by atoms with Gasteiger partial charge in [0.1, 0.15) is 0 Å². The molecular formula is C17H27BrN2S. The molecule has 118 valence electrons. The molecule has 1 fully saturated rings. The molecule has 4 heteroatoms. The van der Waals surface area contributed by atoms with E-state index in [-0.39, 0.29) is 5.54 Å². The summed E-state index contributed by atoms with van der Waals surface area (Å²) >= 11 is 5.86. The predicted molar refractivity (Wildman–Crippen MR) is 99.5 cm³/mol. The molecule has 0 bridgehead atoms. The van der Waals surface area contributed by atoms with Crippen LogP contribution in [0.5, 0.6) is 0 Å². The molecule has 0 saturated carbocycles. The fourth-order valence-corrected chi connectivity index (χ4v) is 4.66. The molecule has 0 radical (unpaired) electrons. The van der Waals surface area contributed by atoms with Crippen LogP contribution in [0.15, 0.2) is 22.7 Å². The first-order chi connectivity index (χ1) is 9.74. The number of thioether (sulfide) groups is 1. The number of rotatable bonds is 3. The van der Waals surface area contributed by atoms with Crippen molar-refractivity contribution in [3.63, 3.8) is 0 Å². The van der Waals surface area contributed by atoms with E-state index >= 15 is 0 Å². The second-order valence-electron chi connectivity index (χ2n) is 7.05. The minimum atomic E-state index is 0.153. The van der Waals surface area contributed by atoms with E-state index in [1.165, 1.54) is 15.7 Å². The van der Waals surface area contributed by atoms with Crippen molar-refractivity contribution in [1.29, 1.82) is 0 Å². The van der Waals surface area contributed by atoms with E-state index in [9.17, 15) is 0 Å². The van der Waals surface area contributed by atoms with Crippen molar-refractivity contribution in [1.82, 2.24) is 5.32 Å². The van der Waals surface area contributed by atoms with Gasteiger partial charge in [0, 0.05) is 40.1 Å². The lowest BCUT2D eigenvalue weighted by Crippen LogP contribution is -2.40. The summed E-state index contributed by atoms with van der Waals surface area (Å²) in [4.78, 5) is 2.51. The fourth-order valence-electron chi connectivity index (χ4n) is 2.66. The lowest BCUT2D eigenvalue weighted by molar-refractivity contribution is 0.424. The van der Waals surface area contributed by atoms with Gasteiger partial charge in [-0.3, -0.25) is 0 Å². The zero-order chi connectivity index (χ0) is 15.6. The third kappa shape index (κ3) is 5.19. The summed E-state index contributed by atoms with van der Waals surface area (Å²) in [5, 5.41) is 4.93. The summed E-state index contributed by atoms with van der Waals surface area (Å²) in [7, 11) is 0. The Hall–Kier alpha value is -0.190. The molecular weight excluding hydrogens is 344 g/mol. The average molecular weight is 371 g/mol. The van der Waals surface area contributed by atoms with Crippen molar-refractivity contribution in [3.8, 4) is 0 Å². The van der Waals surface area contributed by atoms with Gasteiger partial charge in [0.2, 0.25) is 0 Å². The lowest BCUT2D eigenvalue weighted by atomic mass is 10.1. The SMILES string of the molecule is CC1CN(c2ccc(CNC(C)(C)C)cc2Br)CC(C)S1. The van der Waals surface area contributed by atoms with Crippen molar-refractivity contribution in [2.45, 2.75) is 57.2 Å². The molecule has 0 aliphatic carbocycles. The second-order valence-corrected chi connectivity index (χ2v) is 9.79. The Morgan fingerprint density at radius 3 is 2.38 bits per heavy atom. The molecule has 1 aromatic rings. The summed E-state index contributed by atoms with van der Waals surface area (Å²) in [6.45, 7) is 14.4. The van der Waals surface area contributed by atoms with Gasteiger partial charge in [-0.25, -0.2) is 0 Å². The van der Waals surface area contributed by atoms with Crippen molar-refractivity contribution in [2.24, 2.45) is 0 Å². The highest BCUT2D eigenvalue weighted by Crippen LogP contribution is 2.33. The summed E-state index contributed by atoms with van der Waals surface area (Å²) in [6.07, 6.45) is 0. The Morgan fingerprint density at radius 2 is 1.86 bits per heavy atom. The maximum absolute atomic E-state index is 3.77.